The molecule has 0 amide bonds. The standard InChI is InChI=1S/C66H46N6O8/c1-77-47-29-17-41(18-30-47)60-61(42-19-31-48(78-2)32-20-42)68-64(67-60)58-38-55(40-15-27-46(28-16-40)72(75)76)52-10-7-8-12-57(52)66(58)59-53-11-6-5-9-51(53)54(39-13-25-45(26-14-39)71(73)74)37-56(59)65-69-62(43-21-33-49(79-3)34-22-43)63(70(65)66)44-23-35-50(80-4)36-24-44/h5-38H,1-4H3. The summed E-state index contributed by atoms with van der Waals surface area (Å²) in [6.07, 6.45) is 2.15. The molecule has 0 bridgehead atoms. The van der Waals surface area contributed by atoms with Crippen LogP contribution in [-0.4, -0.2) is 59.3 Å². The maximum Gasteiger partial charge on any atom is 0.269 e. The summed E-state index contributed by atoms with van der Waals surface area (Å²) in [7, 11) is 6.54. The lowest BCUT2D eigenvalue weighted by Gasteiger charge is -2.42. The van der Waals surface area contributed by atoms with Crippen LogP contribution in [-0.2, 0) is 5.54 Å². The van der Waals surface area contributed by atoms with Crippen LogP contribution in [0, 0.1) is 20.2 Å². The Morgan fingerprint density at radius 1 is 0.463 bits per heavy atom. The highest BCUT2D eigenvalue weighted by Gasteiger charge is 2.55. The van der Waals surface area contributed by atoms with Crippen LogP contribution in [0.4, 0.5) is 11.4 Å². The SMILES string of the molecule is COc1ccc(C2=NC(=C3C=C(c4ccc([N+](=O)[O-])cc4)c4ccccc4C34c3c(cc(-c5ccc([N+](=O)[O-])cc5)c5ccccc35)-c3nc(-c5ccc(OC)cc5)c(-c5ccc(OC)cc5)n34)N=C2c2ccc(OC)cc2)cc1. The molecule has 9 aromatic carbocycles. The molecule has 10 aromatic rings. The molecule has 3 heterocycles. The Labute approximate surface area is 458 Å². The number of ether oxygens (including phenoxy) is 4. The number of aromatic nitrogens is 2. The molecule has 0 radical (unpaired) electrons. The van der Waals surface area contributed by atoms with E-state index in [-0.39, 0.29) is 11.4 Å². The second-order valence-electron chi connectivity index (χ2n) is 19.4. The molecule has 14 heteroatoms. The molecule has 0 saturated heterocycles. The molecule has 0 saturated carbocycles. The second kappa shape index (κ2) is 19.4. The van der Waals surface area contributed by atoms with E-state index >= 15 is 0 Å². The highest BCUT2D eigenvalue weighted by molar-refractivity contribution is 6.55. The largest absolute Gasteiger partial charge is 0.497 e. The average Bonchev–Trinajstić information content (AvgIpc) is 3.72. The zero-order valence-electron chi connectivity index (χ0n) is 43.6. The number of benzene rings is 9. The zero-order chi connectivity index (χ0) is 54.8. The van der Waals surface area contributed by atoms with Crippen molar-refractivity contribution in [2.45, 2.75) is 5.54 Å². The number of aliphatic imine (C=N–C) groups is 2. The monoisotopic (exact) mass is 1050 g/mol. The molecule has 2 aliphatic heterocycles. The number of nitrogens with zero attached hydrogens (tertiary/aromatic N) is 6. The predicted molar refractivity (Wildman–Crippen MR) is 310 cm³/mol. The highest BCUT2D eigenvalue weighted by atomic mass is 16.6. The first-order valence-corrected chi connectivity index (χ1v) is 25.6. The van der Waals surface area contributed by atoms with Gasteiger partial charge in [-0.2, -0.15) is 0 Å². The van der Waals surface area contributed by atoms with Crippen molar-refractivity contribution in [3.63, 3.8) is 0 Å². The Hall–Kier alpha value is -10.7. The number of methoxy groups -OCH3 is 4. The number of allylic oxidation sites excluding steroid dienone is 2. The fraction of sp³-hybridized carbons (Fsp3) is 0.0758. The summed E-state index contributed by atoms with van der Waals surface area (Å²) in [5.74, 6) is 3.77. The Bertz CT molecular complexity index is 4230. The Morgan fingerprint density at radius 3 is 1.43 bits per heavy atom. The smallest absolute Gasteiger partial charge is 0.269 e. The van der Waals surface area contributed by atoms with Crippen LogP contribution >= 0.6 is 0 Å². The van der Waals surface area contributed by atoms with Crippen LogP contribution in [0.3, 0.4) is 0 Å². The summed E-state index contributed by atoms with van der Waals surface area (Å²) >= 11 is 0. The number of hydrogen-bond donors (Lipinski definition) is 0. The van der Waals surface area contributed by atoms with Gasteiger partial charge < -0.3 is 23.5 Å². The highest BCUT2D eigenvalue weighted by Crippen LogP contribution is 2.62. The molecule has 80 heavy (non-hydrogen) atoms. The van der Waals surface area contributed by atoms with E-state index < -0.39 is 15.4 Å². The van der Waals surface area contributed by atoms with Crippen molar-refractivity contribution in [3.05, 3.63) is 271 Å². The molecule has 3 aliphatic rings. The van der Waals surface area contributed by atoms with Crippen molar-refractivity contribution in [2.24, 2.45) is 9.98 Å². The zero-order valence-corrected chi connectivity index (χ0v) is 43.6. The quantitative estimate of drug-likeness (QED) is 0.0855. The summed E-state index contributed by atoms with van der Waals surface area (Å²) in [5.41, 5.74) is 11.9. The summed E-state index contributed by atoms with van der Waals surface area (Å²) in [5, 5.41) is 26.0. The van der Waals surface area contributed by atoms with Crippen LogP contribution in [0.5, 0.6) is 23.0 Å². The number of rotatable bonds is 12. The molecule has 1 aromatic heterocycles. The Balaban J connectivity index is 1.24. The first kappa shape index (κ1) is 48.9. The van der Waals surface area contributed by atoms with E-state index in [1.165, 1.54) is 24.3 Å². The van der Waals surface area contributed by atoms with E-state index in [1.54, 1.807) is 52.7 Å². The van der Waals surface area contributed by atoms with Gasteiger partial charge in [0.25, 0.3) is 11.4 Å². The minimum absolute atomic E-state index is 0.0200. The normalized spacial score (nSPS) is 14.9. The number of non-ortho nitro benzene ring substituents is 2. The molecular weight excluding hydrogens is 1000 g/mol. The molecule has 1 aliphatic carbocycles. The third-order valence-corrected chi connectivity index (χ3v) is 15.3. The van der Waals surface area contributed by atoms with Crippen LogP contribution in [0.25, 0.3) is 61.4 Å². The van der Waals surface area contributed by atoms with Crippen molar-refractivity contribution in [2.75, 3.05) is 28.4 Å². The van der Waals surface area contributed by atoms with Gasteiger partial charge in [-0.1, -0.05) is 48.5 Å². The number of nitro groups is 2. The topological polar surface area (TPSA) is 166 Å². The first-order chi connectivity index (χ1) is 39.1. The molecule has 1 unspecified atom stereocenters. The van der Waals surface area contributed by atoms with Crippen LogP contribution < -0.4 is 18.9 Å². The molecule has 13 rings (SSSR count). The fourth-order valence-corrected chi connectivity index (χ4v) is 11.6. The van der Waals surface area contributed by atoms with E-state index in [2.05, 4.69) is 41.0 Å². The van der Waals surface area contributed by atoms with Gasteiger partial charge in [-0.05, 0) is 178 Å². The molecule has 1 spiro atoms. The van der Waals surface area contributed by atoms with E-state index in [1.807, 2.05) is 121 Å². The lowest BCUT2D eigenvalue weighted by atomic mass is 9.67. The summed E-state index contributed by atoms with van der Waals surface area (Å²) in [6, 6.07) is 63.3. The van der Waals surface area contributed by atoms with Gasteiger partial charge in [0.1, 0.15) is 34.4 Å². The number of nitro benzene ring substituents is 2. The van der Waals surface area contributed by atoms with Crippen molar-refractivity contribution in [1.29, 1.82) is 0 Å². The lowest BCUT2D eigenvalue weighted by Crippen LogP contribution is -2.39. The second-order valence-corrected chi connectivity index (χ2v) is 19.4. The van der Waals surface area contributed by atoms with Crippen LogP contribution in [0.15, 0.2) is 228 Å². The molecular formula is C66H46N6O8. The lowest BCUT2D eigenvalue weighted by molar-refractivity contribution is -0.385. The van der Waals surface area contributed by atoms with Crippen molar-refractivity contribution < 1.29 is 28.8 Å². The van der Waals surface area contributed by atoms with Gasteiger partial charge in [0, 0.05) is 63.2 Å². The third kappa shape index (κ3) is 7.75. The van der Waals surface area contributed by atoms with E-state index in [9.17, 15) is 20.2 Å². The molecule has 1 atom stereocenters. The van der Waals surface area contributed by atoms with Crippen molar-refractivity contribution in [3.8, 4) is 68.0 Å². The summed E-state index contributed by atoms with van der Waals surface area (Å²) < 4.78 is 25.0. The average molecular weight is 1050 g/mol. The van der Waals surface area contributed by atoms with Gasteiger partial charge in [-0.3, -0.25) is 20.2 Å². The summed E-state index contributed by atoms with van der Waals surface area (Å²) in [6.45, 7) is 0. The summed E-state index contributed by atoms with van der Waals surface area (Å²) in [4.78, 5) is 40.6. The molecule has 0 N–H and O–H groups in total. The van der Waals surface area contributed by atoms with E-state index in [0.29, 0.717) is 57.3 Å². The van der Waals surface area contributed by atoms with Gasteiger partial charge >= 0.3 is 0 Å². The van der Waals surface area contributed by atoms with Gasteiger partial charge in [0.05, 0.1) is 61.1 Å². The Morgan fingerprint density at radius 2 is 0.912 bits per heavy atom. The fourth-order valence-electron chi connectivity index (χ4n) is 11.6. The maximum absolute atomic E-state index is 12.2. The van der Waals surface area contributed by atoms with E-state index in [0.717, 1.165) is 83.2 Å². The van der Waals surface area contributed by atoms with Crippen LogP contribution in [0.1, 0.15) is 33.4 Å². The van der Waals surface area contributed by atoms with E-state index in [4.69, 9.17) is 33.9 Å². The minimum atomic E-state index is -1.35. The maximum atomic E-state index is 12.2. The predicted octanol–water partition coefficient (Wildman–Crippen LogP) is 14.3. The van der Waals surface area contributed by atoms with Gasteiger partial charge in [0.15, 0.2) is 5.82 Å². The minimum Gasteiger partial charge on any atom is -0.497 e. The molecule has 388 valence electrons. The van der Waals surface area contributed by atoms with Crippen molar-refractivity contribution >= 4 is 39.1 Å². The Kier molecular flexibility index (Phi) is 11.8. The number of fused-ring (bicyclic) bond motifs is 9. The molecule has 14 nitrogen and oxygen atoms in total. The van der Waals surface area contributed by atoms with Gasteiger partial charge in [-0.15, -0.1) is 0 Å². The first-order valence-electron chi connectivity index (χ1n) is 25.6. The van der Waals surface area contributed by atoms with Crippen LogP contribution in [0.2, 0.25) is 0 Å². The number of hydrogen-bond acceptors (Lipinski definition) is 11. The van der Waals surface area contributed by atoms with Gasteiger partial charge in [0.2, 0.25) is 0 Å². The van der Waals surface area contributed by atoms with Crippen molar-refractivity contribution in [1.82, 2.24) is 9.55 Å². The molecule has 0 fully saturated rings. The van der Waals surface area contributed by atoms with Gasteiger partial charge in [-0.25, -0.2) is 15.0 Å². The third-order valence-electron chi connectivity index (χ3n) is 15.3. The number of imidazole rings is 1.